The molecule has 0 bridgehead atoms. The first-order valence-corrected chi connectivity index (χ1v) is 9.72. The van der Waals surface area contributed by atoms with E-state index in [1.165, 1.54) is 24.0 Å². The van der Waals surface area contributed by atoms with Crippen molar-refractivity contribution >= 4 is 17.7 Å². The molecular formula is C21H27NO4. The van der Waals surface area contributed by atoms with E-state index in [0.717, 1.165) is 38.5 Å². The third-order valence-corrected chi connectivity index (χ3v) is 5.31. The maximum Gasteiger partial charge on any atom is 0.306 e. The van der Waals surface area contributed by atoms with Gasteiger partial charge in [0, 0.05) is 18.0 Å². The van der Waals surface area contributed by atoms with Gasteiger partial charge in [0.25, 0.3) is 5.91 Å². The number of carbonyl (C=O) groups is 3. The number of fused-ring (bicyclic) bond motifs is 1. The maximum absolute atomic E-state index is 12.3. The van der Waals surface area contributed by atoms with E-state index >= 15 is 0 Å². The van der Waals surface area contributed by atoms with Crippen molar-refractivity contribution in [1.29, 1.82) is 0 Å². The molecule has 0 unspecified atom stereocenters. The van der Waals surface area contributed by atoms with E-state index in [1.807, 2.05) is 18.2 Å². The summed E-state index contributed by atoms with van der Waals surface area (Å²) in [7, 11) is 0. The van der Waals surface area contributed by atoms with Gasteiger partial charge in [-0.25, -0.2) is 0 Å². The Hall–Kier alpha value is -2.17. The Morgan fingerprint density at radius 2 is 1.69 bits per heavy atom. The van der Waals surface area contributed by atoms with Crippen LogP contribution in [-0.4, -0.2) is 30.3 Å². The van der Waals surface area contributed by atoms with Crippen LogP contribution in [0.5, 0.6) is 0 Å². The molecule has 0 aromatic heterocycles. The van der Waals surface area contributed by atoms with Gasteiger partial charge in [-0.3, -0.25) is 14.4 Å². The summed E-state index contributed by atoms with van der Waals surface area (Å²) in [5, 5.41) is 2.87. The summed E-state index contributed by atoms with van der Waals surface area (Å²) in [6, 6.07) is 6.07. The molecule has 5 nitrogen and oxygen atoms in total. The highest BCUT2D eigenvalue weighted by Crippen LogP contribution is 2.23. The first-order chi connectivity index (χ1) is 12.6. The fraction of sp³-hybridized carbons (Fsp3) is 0.571. The van der Waals surface area contributed by atoms with Gasteiger partial charge in [0.05, 0.1) is 6.42 Å². The Balaban J connectivity index is 1.39. The Kier molecular flexibility index (Phi) is 6.42. The maximum atomic E-state index is 12.3. The van der Waals surface area contributed by atoms with Crippen LogP contribution in [0.2, 0.25) is 0 Å². The molecular weight excluding hydrogens is 330 g/mol. The van der Waals surface area contributed by atoms with Gasteiger partial charge in [-0.05, 0) is 55.7 Å². The lowest BCUT2D eigenvalue weighted by Crippen LogP contribution is -2.35. The minimum atomic E-state index is -0.502. The van der Waals surface area contributed by atoms with Gasteiger partial charge >= 0.3 is 5.97 Å². The van der Waals surface area contributed by atoms with Crippen LogP contribution in [0, 0.1) is 0 Å². The minimum absolute atomic E-state index is 0.00657. The molecule has 1 aromatic rings. The van der Waals surface area contributed by atoms with Crippen molar-refractivity contribution in [2.24, 2.45) is 0 Å². The quantitative estimate of drug-likeness (QED) is 0.601. The predicted octanol–water partition coefficient (Wildman–Crippen LogP) is 3.13. The number of benzene rings is 1. The van der Waals surface area contributed by atoms with Crippen LogP contribution in [0.3, 0.4) is 0 Å². The van der Waals surface area contributed by atoms with E-state index in [2.05, 4.69) is 5.32 Å². The van der Waals surface area contributed by atoms with Crippen LogP contribution in [0.25, 0.3) is 0 Å². The lowest BCUT2D eigenvalue weighted by Gasteiger charge is -2.16. The molecule has 5 heteroatoms. The highest BCUT2D eigenvalue weighted by molar-refractivity contribution is 5.97. The molecule has 0 spiro atoms. The molecule has 1 amide bonds. The smallest absolute Gasteiger partial charge is 0.306 e. The number of carbonyl (C=O) groups excluding carboxylic acids is 3. The molecule has 0 heterocycles. The van der Waals surface area contributed by atoms with Gasteiger partial charge in [0.15, 0.2) is 12.4 Å². The number of nitrogens with one attached hydrogen (secondary N) is 1. The molecule has 1 saturated carbocycles. The van der Waals surface area contributed by atoms with E-state index in [9.17, 15) is 14.4 Å². The highest BCUT2D eigenvalue weighted by Gasteiger charge is 2.18. The summed E-state index contributed by atoms with van der Waals surface area (Å²) in [5.74, 6) is -0.810. The zero-order chi connectivity index (χ0) is 18.4. The number of hydrogen-bond acceptors (Lipinski definition) is 4. The van der Waals surface area contributed by atoms with Crippen molar-refractivity contribution in [2.75, 3.05) is 6.61 Å². The molecule has 0 atom stereocenters. The van der Waals surface area contributed by atoms with Crippen molar-refractivity contribution in [3.8, 4) is 0 Å². The SMILES string of the molecule is O=C(COC(=O)CCC(=O)c1ccc2c(c1)CCCC2)NC1CCCC1. The summed E-state index contributed by atoms with van der Waals surface area (Å²) >= 11 is 0. The molecule has 140 valence electrons. The van der Waals surface area contributed by atoms with Gasteiger partial charge in [-0.2, -0.15) is 0 Å². The van der Waals surface area contributed by atoms with E-state index in [0.29, 0.717) is 5.56 Å². The van der Waals surface area contributed by atoms with Gasteiger partial charge < -0.3 is 10.1 Å². The van der Waals surface area contributed by atoms with Gasteiger partial charge in [-0.15, -0.1) is 0 Å². The fourth-order valence-electron chi connectivity index (χ4n) is 3.82. The molecule has 0 aliphatic heterocycles. The Bertz CT molecular complexity index is 677. The second-order valence-electron chi connectivity index (χ2n) is 7.32. The molecule has 26 heavy (non-hydrogen) atoms. The minimum Gasteiger partial charge on any atom is -0.456 e. The average molecular weight is 357 g/mol. The third kappa shape index (κ3) is 5.16. The number of hydrogen-bond donors (Lipinski definition) is 1. The molecule has 1 aromatic carbocycles. The van der Waals surface area contributed by atoms with Gasteiger partial charge in [0.1, 0.15) is 0 Å². The second-order valence-corrected chi connectivity index (χ2v) is 7.32. The predicted molar refractivity (Wildman–Crippen MR) is 98.0 cm³/mol. The van der Waals surface area contributed by atoms with Crippen molar-refractivity contribution in [3.63, 3.8) is 0 Å². The van der Waals surface area contributed by atoms with Gasteiger partial charge in [-0.1, -0.05) is 25.0 Å². The molecule has 2 aliphatic rings. The van der Waals surface area contributed by atoms with E-state index < -0.39 is 5.97 Å². The average Bonchev–Trinajstić information content (AvgIpc) is 3.17. The topological polar surface area (TPSA) is 72.5 Å². The number of amides is 1. The monoisotopic (exact) mass is 357 g/mol. The second kappa shape index (κ2) is 8.97. The van der Waals surface area contributed by atoms with Crippen LogP contribution >= 0.6 is 0 Å². The van der Waals surface area contributed by atoms with Crippen molar-refractivity contribution in [3.05, 3.63) is 34.9 Å². The Morgan fingerprint density at radius 3 is 2.46 bits per heavy atom. The summed E-state index contributed by atoms with van der Waals surface area (Å²) in [5.41, 5.74) is 3.26. The lowest BCUT2D eigenvalue weighted by molar-refractivity contribution is -0.148. The molecule has 2 aliphatic carbocycles. The fourth-order valence-corrected chi connectivity index (χ4v) is 3.82. The van der Waals surface area contributed by atoms with E-state index in [1.54, 1.807) is 0 Å². The molecule has 0 saturated heterocycles. The van der Waals surface area contributed by atoms with Crippen molar-refractivity contribution in [1.82, 2.24) is 5.32 Å². The summed E-state index contributed by atoms with van der Waals surface area (Å²) in [4.78, 5) is 35.9. The number of ketones is 1. The van der Waals surface area contributed by atoms with Crippen molar-refractivity contribution in [2.45, 2.75) is 70.3 Å². The van der Waals surface area contributed by atoms with Crippen LogP contribution < -0.4 is 5.32 Å². The molecule has 1 N–H and O–H groups in total. The number of rotatable bonds is 7. The van der Waals surface area contributed by atoms with Crippen LogP contribution in [0.15, 0.2) is 18.2 Å². The molecule has 3 rings (SSSR count). The third-order valence-electron chi connectivity index (χ3n) is 5.31. The Labute approximate surface area is 154 Å². The number of ether oxygens (including phenoxy) is 1. The van der Waals surface area contributed by atoms with Crippen LogP contribution in [0.4, 0.5) is 0 Å². The first kappa shape index (κ1) is 18.6. The number of esters is 1. The van der Waals surface area contributed by atoms with Crippen molar-refractivity contribution < 1.29 is 19.1 Å². The summed E-state index contributed by atoms with van der Waals surface area (Å²) in [6.07, 6.45) is 8.86. The first-order valence-electron chi connectivity index (χ1n) is 9.72. The molecule has 1 fully saturated rings. The number of Topliss-reactive ketones (excluding diaryl/α,β-unsaturated/α-hetero) is 1. The normalized spacial score (nSPS) is 16.8. The van der Waals surface area contributed by atoms with Gasteiger partial charge in [0.2, 0.25) is 0 Å². The standard InChI is InChI=1S/C21H27NO4/c23-19(17-10-9-15-5-1-2-6-16(15)13-17)11-12-21(25)26-14-20(24)22-18-7-3-4-8-18/h9-10,13,18H,1-8,11-12,14H2,(H,22,24). The summed E-state index contributed by atoms with van der Waals surface area (Å²) < 4.78 is 4.99. The molecule has 0 radical (unpaired) electrons. The van der Waals surface area contributed by atoms with Crippen LogP contribution in [0.1, 0.15) is 72.9 Å². The largest absolute Gasteiger partial charge is 0.456 e. The summed E-state index contributed by atoms with van der Waals surface area (Å²) in [6.45, 7) is -0.262. The Morgan fingerprint density at radius 1 is 0.962 bits per heavy atom. The lowest BCUT2D eigenvalue weighted by atomic mass is 9.89. The highest BCUT2D eigenvalue weighted by atomic mass is 16.5. The zero-order valence-corrected chi connectivity index (χ0v) is 15.2. The number of aryl methyl sites for hydroxylation is 2. The van der Waals surface area contributed by atoms with E-state index in [4.69, 9.17) is 4.74 Å². The van der Waals surface area contributed by atoms with E-state index in [-0.39, 0.29) is 37.2 Å². The zero-order valence-electron chi connectivity index (χ0n) is 15.2. The van der Waals surface area contributed by atoms with Crippen LogP contribution in [-0.2, 0) is 27.2 Å².